The van der Waals surface area contributed by atoms with Gasteiger partial charge < -0.3 is 8.97 Å². The molecule has 0 bridgehead atoms. The highest BCUT2D eigenvalue weighted by atomic mass is 32.2. The van der Waals surface area contributed by atoms with Crippen LogP contribution in [-0.2, 0) is 30.5 Å². The van der Waals surface area contributed by atoms with Crippen molar-refractivity contribution in [1.82, 2.24) is 14.7 Å². The maximum atomic E-state index is 12.9. The average Bonchev–Trinajstić information content (AvgIpc) is 3.21. The molecule has 2 aromatic heterocycles. The summed E-state index contributed by atoms with van der Waals surface area (Å²) in [5.41, 5.74) is 0.252. The van der Waals surface area contributed by atoms with Crippen LogP contribution in [0.1, 0.15) is 40.0 Å². The van der Waals surface area contributed by atoms with E-state index in [1.807, 2.05) is 6.07 Å². The molecule has 0 spiro atoms. The largest absolute Gasteiger partial charge is 0.593 e. The third kappa shape index (κ3) is 5.82. The number of oxazole rings is 1. The van der Waals surface area contributed by atoms with Gasteiger partial charge in [0, 0.05) is 18.3 Å². The molecule has 172 valence electrons. The minimum Gasteiger partial charge on any atom is -0.593 e. The molecular formula is C21H18F3N5O3S. The van der Waals surface area contributed by atoms with E-state index in [2.05, 4.69) is 14.7 Å². The van der Waals surface area contributed by atoms with Crippen LogP contribution in [0.2, 0.25) is 0 Å². The van der Waals surface area contributed by atoms with Crippen molar-refractivity contribution in [3.63, 3.8) is 0 Å². The number of rotatable bonds is 7. The molecule has 0 radical (unpaired) electrons. The number of nitriles is 1. The molecule has 1 N–H and O–H groups in total. The number of hydrogen-bond donors (Lipinski definition) is 1. The number of nitrogens with one attached hydrogen (secondary N) is 1. The summed E-state index contributed by atoms with van der Waals surface area (Å²) in [6.07, 6.45) is -2.18. The number of hydrogen-bond acceptors (Lipinski definition) is 7. The van der Waals surface area contributed by atoms with E-state index in [0.717, 1.165) is 12.3 Å². The zero-order chi connectivity index (χ0) is 24.2. The summed E-state index contributed by atoms with van der Waals surface area (Å²) in [5, 5.41) is 9.05. The first-order chi connectivity index (χ1) is 15.6. The van der Waals surface area contributed by atoms with Crippen molar-refractivity contribution in [3.05, 3.63) is 70.9 Å². The summed E-state index contributed by atoms with van der Waals surface area (Å²) in [4.78, 5) is 22.0. The maximum Gasteiger partial charge on any atom is 0.417 e. The van der Waals surface area contributed by atoms with Gasteiger partial charge >= 0.3 is 18.1 Å². The standard InChI is InChI=1S/C21H18F3N5O3S/c1-3-17-18(19(30)28-33(2)31)27-20(32-17)29(16-8-4-13(10-25)5-9-16)12-15-7-6-14(11-26-15)21(22,23)24/h4-9,11H,3,12H2,1-2H3,(H,28,30). The minimum atomic E-state index is -4.52. The third-order valence-corrected chi connectivity index (χ3v) is 4.94. The van der Waals surface area contributed by atoms with Gasteiger partial charge in [0.1, 0.15) is 12.0 Å². The molecule has 2 heterocycles. The molecule has 0 aliphatic carbocycles. The maximum absolute atomic E-state index is 12.9. The van der Waals surface area contributed by atoms with Gasteiger partial charge in [0.2, 0.25) is 0 Å². The highest BCUT2D eigenvalue weighted by Gasteiger charge is 2.31. The average molecular weight is 477 g/mol. The SMILES string of the molecule is CCc1oc(N(Cc2ccc(C(F)(F)F)cn2)c2ccc(C#N)cc2)nc1C(=O)N[S+](C)[O-]. The molecule has 1 aromatic carbocycles. The highest BCUT2D eigenvalue weighted by molar-refractivity contribution is 7.89. The number of aromatic nitrogens is 2. The lowest BCUT2D eigenvalue weighted by molar-refractivity contribution is -0.137. The second-order valence-electron chi connectivity index (χ2n) is 6.79. The first kappa shape index (κ1) is 24.1. The van der Waals surface area contributed by atoms with Crippen molar-refractivity contribution in [1.29, 1.82) is 5.26 Å². The first-order valence-corrected chi connectivity index (χ1v) is 11.1. The number of benzene rings is 1. The Morgan fingerprint density at radius 3 is 2.48 bits per heavy atom. The zero-order valence-corrected chi connectivity index (χ0v) is 18.3. The van der Waals surface area contributed by atoms with E-state index in [0.29, 0.717) is 17.7 Å². The van der Waals surface area contributed by atoms with Gasteiger partial charge in [0.15, 0.2) is 5.69 Å². The Hall–Kier alpha value is -3.56. The number of alkyl halides is 3. The molecule has 3 aromatic rings. The highest BCUT2D eigenvalue weighted by Crippen LogP contribution is 2.31. The van der Waals surface area contributed by atoms with Gasteiger partial charge in [-0.25, -0.2) is 0 Å². The first-order valence-electron chi connectivity index (χ1n) is 9.56. The number of aryl methyl sites for hydroxylation is 1. The van der Waals surface area contributed by atoms with Crippen LogP contribution >= 0.6 is 0 Å². The van der Waals surface area contributed by atoms with Crippen molar-refractivity contribution in [3.8, 4) is 6.07 Å². The molecule has 0 fully saturated rings. The van der Waals surface area contributed by atoms with Crippen molar-refractivity contribution in [2.45, 2.75) is 26.1 Å². The second-order valence-corrected chi connectivity index (χ2v) is 7.90. The molecule has 8 nitrogen and oxygen atoms in total. The Morgan fingerprint density at radius 1 is 1.27 bits per heavy atom. The number of anilines is 2. The van der Waals surface area contributed by atoms with Crippen LogP contribution < -0.4 is 9.62 Å². The summed E-state index contributed by atoms with van der Waals surface area (Å²) in [5.74, 6) is -0.443. The Bertz CT molecular complexity index is 1160. The number of carbonyl (C=O) groups excluding carboxylic acids is 1. The quantitative estimate of drug-likeness (QED) is 0.513. The van der Waals surface area contributed by atoms with Crippen molar-refractivity contribution in [2.75, 3.05) is 11.2 Å². The van der Waals surface area contributed by atoms with Gasteiger partial charge in [-0.3, -0.25) is 14.7 Å². The summed E-state index contributed by atoms with van der Waals surface area (Å²) < 4.78 is 58.0. The van der Waals surface area contributed by atoms with E-state index in [1.54, 1.807) is 31.2 Å². The molecule has 12 heteroatoms. The van der Waals surface area contributed by atoms with E-state index in [1.165, 1.54) is 17.2 Å². The molecule has 0 saturated carbocycles. The monoisotopic (exact) mass is 477 g/mol. The van der Waals surface area contributed by atoms with Gasteiger partial charge in [0.25, 0.3) is 0 Å². The second kappa shape index (κ2) is 9.93. The lowest BCUT2D eigenvalue weighted by atomic mass is 10.2. The van der Waals surface area contributed by atoms with E-state index in [9.17, 15) is 22.5 Å². The van der Waals surface area contributed by atoms with Crippen molar-refractivity contribution < 1.29 is 26.9 Å². The number of nitrogens with zero attached hydrogens (tertiary/aromatic N) is 4. The van der Waals surface area contributed by atoms with Gasteiger partial charge in [-0.1, -0.05) is 6.92 Å². The Balaban J connectivity index is 2.01. The number of pyridine rings is 1. The summed E-state index contributed by atoms with van der Waals surface area (Å²) in [6, 6.07) is 10.5. The van der Waals surface area contributed by atoms with Crippen LogP contribution in [0.25, 0.3) is 0 Å². The van der Waals surface area contributed by atoms with E-state index < -0.39 is 29.0 Å². The van der Waals surface area contributed by atoms with Crippen LogP contribution in [0, 0.1) is 11.3 Å². The molecule has 3 rings (SSSR count). The molecule has 1 amide bonds. The van der Waals surface area contributed by atoms with Gasteiger partial charge in [-0.2, -0.15) is 28.1 Å². The lowest BCUT2D eigenvalue weighted by Crippen LogP contribution is -2.30. The van der Waals surface area contributed by atoms with Crippen molar-refractivity contribution in [2.24, 2.45) is 0 Å². The van der Waals surface area contributed by atoms with E-state index in [-0.39, 0.29) is 29.7 Å². The molecule has 0 aliphatic heterocycles. The van der Waals surface area contributed by atoms with Crippen molar-refractivity contribution >= 4 is 29.0 Å². The minimum absolute atomic E-state index is 0.00899. The molecule has 1 atom stereocenters. The van der Waals surface area contributed by atoms with E-state index in [4.69, 9.17) is 9.68 Å². The number of amides is 1. The molecular weight excluding hydrogens is 459 g/mol. The fourth-order valence-corrected chi connectivity index (χ4v) is 3.24. The lowest BCUT2D eigenvalue weighted by Gasteiger charge is -2.20. The molecule has 0 aliphatic rings. The summed E-state index contributed by atoms with van der Waals surface area (Å²) >= 11 is -1.62. The van der Waals surface area contributed by atoms with Gasteiger partial charge in [-0.05, 0) is 36.4 Å². The normalized spacial score (nSPS) is 12.2. The van der Waals surface area contributed by atoms with Crippen LogP contribution in [0.4, 0.5) is 24.9 Å². The Morgan fingerprint density at radius 2 is 1.97 bits per heavy atom. The smallest absolute Gasteiger partial charge is 0.417 e. The van der Waals surface area contributed by atoms with Gasteiger partial charge in [-0.15, -0.1) is 0 Å². The van der Waals surface area contributed by atoms with Gasteiger partial charge in [0.05, 0.1) is 40.8 Å². The fraction of sp³-hybridized carbons (Fsp3) is 0.238. The molecule has 33 heavy (non-hydrogen) atoms. The third-order valence-electron chi connectivity index (χ3n) is 4.47. The topological polar surface area (TPSA) is 118 Å². The van der Waals surface area contributed by atoms with Crippen LogP contribution in [0.3, 0.4) is 0 Å². The van der Waals surface area contributed by atoms with Crippen LogP contribution in [0.5, 0.6) is 0 Å². The van der Waals surface area contributed by atoms with Crippen LogP contribution in [0.15, 0.2) is 47.0 Å². The Labute approximate surface area is 190 Å². The zero-order valence-electron chi connectivity index (χ0n) is 17.5. The Kier molecular flexibility index (Phi) is 7.25. The number of carbonyl (C=O) groups is 1. The molecule has 1 unspecified atom stereocenters. The predicted octanol–water partition coefficient (Wildman–Crippen LogP) is 3.88. The molecule has 0 saturated heterocycles. The summed E-state index contributed by atoms with van der Waals surface area (Å²) in [7, 11) is 0. The van der Waals surface area contributed by atoms with E-state index >= 15 is 0 Å². The predicted molar refractivity (Wildman–Crippen MR) is 114 cm³/mol. The fourth-order valence-electron chi connectivity index (χ4n) is 2.88. The van der Waals surface area contributed by atoms with Crippen LogP contribution in [-0.4, -0.2) is 26.7 Å². The number of halogens is 3. The summed E-state index contributed by atoms with van der Waals surface area (Å²) in [6.45, 7) is 1.71.